The second-order valence-electron chi connectivity index (χ2n) is 6.25. The molecular formula is C18H24N4O3. The molecule has 1 aliphatic rings. The minimum atomic E-state index is -0.00282. The number of nitrogens with one attached hydrogen (secondary N) is 2. The number of fused-ring (bicyclic) bond motifs is 1. The van der Waals surface area contributed by atoms with Gasteiger partial charge in [-0.2, -0.15) is 0 Å². The highest BCUT2D eigenvalue weighted by Gasteiger charge is 2.26. The lowest BCUT2D eigenvalue weighted by atomic mass is 9.89. The third-order valence-corrected chi connectivity index (χ3v) is 4.34. The fourth-order valence-electron chi connectivity index (χ4n) is 3.01. The van der Waals surface area contributed by atoms with Gasteiger partial charge in [-0.25, -0.2) is 9.97 Å². The number of aryl methyl sites for hydroxylation is 2. The lowest BCUT2D eigenvalue weighted by molar-refractivity contribution is -0.125. The summed E-state index contributed by atoms with van der Waals surface area (Å²) in [5.41, 5.74) is 3.15. The molecule has 0 unspecified atom stereocenters. The number of carbonyl (C=O) groups is 1. The molecule has 1 aliphatic carbocycles. The second-order valence-corrected chi connectivity index (χ2v) is 6.25. The Morgan fingerprint density at radius 3 is 3.04 bits per heavy atom. The summed E-state index contributed by atoms with van der Waals surface area (Å²) in [6.45, 7) is 3.41. The normalized spacial score (nSPS) is 16.3. The zero-order valence-electron chi connectivity index (χ0n) is 14.7. The van der Waals surface area contributed by atoms with Gasteiger partial charge in [-0.3, -0.25) is 4.79 Å². The number of aromatic nitrogens is 3. The van der Waals surface area contributed by atoms with E-state index in [1.54, 1.807) is 19.4 Å². The molecule has 134 valence electrons. The van der Waals surface area contributed by atoms with Crippen LogP contribution in [0.2, 0.25) is 0 Å². The monoisotopic (exact) mass is 344 g/mol. The van der Waals surface area contributed by atoms with E-state index in [1.807, 2.05) is 13.0 Å². The number of carbonyl (C=O) groups excluding carboxylic acids is 1. The highest BCUT2D eigenvalue weighted by atomic mass is 16.5. The summed E-state index contributed by atoms with van der Waals surface area (Å²) in [6, 6.07) is 3.71. The molecule has 2 N–H and O–H groups in total. The summed E-state index contributed by atoms with van der Waals surface area (Å²) < 4.78 is 10.4. The Hall–Kier alpha value is -2.41. The first kappa shape index (κ1) is 17.4. The van der Waals surface area contributed by atoms with E-state index >= 15 is 0 Å². The van der Waals surface area contributed by atoms with E-state index in [2.05, 4.69) is 20.3 Å². The molecule has 7 nitrogen and oxygen atoms in total. The molecule has 2 aromatic heterocycles. The number of methoxy groups -OCH3 is 1. The molecule has 0 saturated carbocycles. The van der Waals surface area contributed by atoms with Gasteiger partial charge in [0.05, 0.1) is 12.3 Å². The maximum Gasteiger partial charge on any atom is 0.223 e. The third kappa shape index (κ3) is 4.57. The standard InChI is InChI=1S/C18H24N4O3/c1-12-21-15-5-4-14(9-16(15)22-12)18(23)20-11-13-3-6-17(19-10-13)25-8-7-24-2/h3,6,10,14H,4-5,7-9,11H2,1-2H3,(H,20,23)(H,21,22)/t14-/m1/s1. The predicted molar refractivity (Wildman–Crippen MR) is 92.3 cm³/mol. The first-order valence-electron chi connectivity index (χ1n) is 8.54. The van der Waals surface area contributed by atoms with E-state index in [0.29, 0.717) is 25.6 Å². The van der Waals surface area contributed by atoms with Gasteiger partial charge in [0.15, 0.2) is 0 Å². The first-order chi connectivity index (χ1) is 12.2. The van der Waals surface area contributed by atoms with Crippen molar-refractivity contribution in [3.8, 4) is 5.88 Å². The van der Waals surface area contributed by atoms with Gasteiger partial charge >= 0.3 is 0 Å². The van der Waals surface area contributed by atoms with Crippen LogP contribution in [0, 0.1) is 12.8 Å². The lowest BCUT2D eigenvalue weighted by Crippen LogP contribution is -2.33. The average Bonchev–Trinajstić information content (AvgIpc) is 3.00. The number of H-pyrrole nitrogens is 1. The maximum atomic E-state index is 12.4. The van der Waals surface area contributed by atoms with Crippen LogP contribution in [0.3, 0.4) is 0 Å². The van der Waals surface area contributed by atoms with Gasteiger partial charge in [0.1, 0.15) is 12.4 Å². The summed E-state index contributed by atoms with van der Waals surface area (Å²) >= 11 is 0. The van der Waals surface area contributed by atoms with E-state index < -0.39 is 0 Å². The van der Waals surface area contributed by atoms with Crippen LogP contribution in [-0.4, -0.2) is 41.2 Å². The van der Waals surface area contributed by atoms with E-state index in [9.17, 15) is 4.79 Å². The molecule has 1 atom stereocenters. The highest BCUT2D eigenvalue weighted by molar-refractivity contribution is 5.79. The quantitative estimate of drug-likeness (QED) is 0.744. The minimum Gasteiger partial charge on any atom is -0.475 e. The van der Waals surface area contributed by atoms with Crippen molar-refractivity contribution in [1.82, 2.24) is 20.3 Å². The number of nitrogens with zero attached hydrogens (tertiary/aromatic N) is 2. The Kier molecular flexibility index (Phi) is 5.65. The summed E-state index contributed by atoms with van der Waals surface area (Å²) in [6.07, 6.45) is 4.15. The largest absolute Gasteiger partial charge is 0.475 e. The first-order valence-corrected chi connectivity index (χ1v) is 8.54. The molecule has 3 rings (SSSR count). The molecule has 0 bridgehead atoms. The van der Waals surface area contributed by atoms with E-state index in [4.69, 9.17) is 9.47 Å². The second kappa shape index (κ2) is 8.11. The molecular weight excluding hydrogens is 320 g/mol. The molecule has 0 radical (unpaired) electrons. The van der Waals surface area contributed by atoms with Gasteiger partial charge in [0.25, 0.3) is 0 Å². The van der Waals surface area contributed by atoms with Gasteiger partial charge in [-0.15, -0.1) is 0 Å². The SMILES string of the molecule is COCCOc1ccc(CNC(=O)[C@@H]2CCc3nc(C)[nH]c3C2)cn1. The van der Waals surface area contributed by atoms with Crippen LogP contribution in [0.15, 0.2) is 18.3 Å². The van der Waals surface area contributed by atoms with Crippen molar-refractivity contribution in [2.45, 2.75) is 32.7 Å². The number of pyridine rings is 1. The van der Waals surface area contributed by atoms with Gasteiger partial charge in [-0.05, 0) is 25.3 Å². The van der Waals surface area contributed by atoms with Crippen LogP contribution in [0.5, 0.6) is 5.88 Å². The molecule has 0 saturated heterocycles. The van der Waals surface area contributed by atoms with Crippen LogP contribution in [0.25, 0.3) is 0 Å². The van der Waals surface area contributed by atoms with E-state index in [0.717, 1.165) is 42.0 Å². The molecule has 0 fully saturated rings. The van der Waals surface area contributed by atoms with E-state index in [-0.39, 0.29) is 11.8 Å². The fraction of sp³-hybridized carbons (Fsp3) is 0.500. The number of imidazole rings is 1. The van der Waals surface area contributed by atoms with Crippen LogP contribution < -0.4 is 10.1 Å². The predicted octanol–water partition coefficient (Wildman–Crippen LogP) is 1.56. The van der Waals surface area contributed by atoms with Gasteiger partial charge in [0, 0.05) is 44.0 Å². The van der Waals surface area contributed by atoms with Crippen molar-refractivity contribution in [3.05, 3.63) is 41.1 Å². The van der Waals surface area contributed by atoms with Gasteiger partial charge < -0.3 is 19.8 Å². The number of aromatic amines is 1. The molecule has 0 aliphatic heterocycles. The zero-order chi connectivity index (χ0) is 17.6. The molecule has 7 heteroatoms. The molecule has 25 heavy (non-hydrogen) atoms. The van der Waals surface area contributed by atoms with Crippen LogP contribution in [0.4, 0.5) is 0 Å². The molecule has 2 aromatic rings. The Bertz CT molecular complexity index is 712. The van der Waals surface area contributed by atoms with Crippen molar-refractivity contribution in [2.24, 2.45) is 5.92 Å². The number of rotatable bonds is 7. The number of hydrogen-bond donors (Lipinski definition) is 2. The lowest BCUT2D eigenvalue weighted by Gasteiger charge is -2.20. The Labute approximate surface area is 147 Å². The van der Waals surface area contributed by atoms with Gasteiger partial charge in [0.2, 0.25) is 11.8 Å². The number of ether oxygens (including phenoxy) is 2. The van der Waals surface area contributed by atoms with Crippen LogP contribution in [0.1, 0.15) is 29.2 Å². The maximum absolute atomic E-state index is 12.4. The summed E-state index contributed by atoms with van der Waals surface area (Å²) in [5.74, 6) is 1.56. The van der Waals surface area contributed by atoms with Gasteiger partial charge in [-0.1, -0.05) is 6.07 Å². The Balaban J connectivity index is 1.47. The van der Waals surface area contributed by atoms with Crippen molar-refractivity contribution < 1.29 is 14.3 Å². The molecule has 0 spiro atoms. The topological polar surface area (TPSA) is 89.1 Å². The van der Waals surface area contributed by atoms with Crippen molar-refractivity contribution in [1.29, 1.82) is 0 Å². The van der Waals surface area contributed by atoms with Crippen molar-refractivity contribution >= 4 is 5.91 Å². The minimum absolute atomic E-state index is 0.00282. The van der Waals surface area contributed by atoms with Crippen molar-refractivity contribution in [2.75, 3.05) is 20.3 Å². The zero-order valence-corrected chi connectivity index (χ0v) is 14.7. The third-order valence-electron chi connectivity index (χ3n) is 4.34. The number of amides is 1. The summed E-state index contributed by atoms with van der Waals surface area (Å²) in [4.78, 5) is 24.4. The average molecular weight is 344 g/mol. The Morgan fingerprint density at radius 2 is 2.28 bits per heavy atom. The van der Waals surface area contributed by atoms with Crippen LogP contribution in [-0.2, 0) is 28.9 Å². The molecule has 1 amide bonds. The summed E-state index contributed by atoms with van der Waals surface area (Å²) in [7, 11) is 1.63. The van der Waals surface area contributed by atoms with Crippen LogP contribution >= 0.6 is 0 Å². The van der Waals surface area contributed by atoms with E-state index in [1.165, 1.54) is 0 Å². The fourth-order valence-corrected chi connectivity index (χ4v) is 3.01. The smallest absolute Gasteiger partial charge is 0.223 e. The molecule has 2 heterocycles. The summed E-state index contributed by atoms with van der Waals surface area (Å²) in [5, 5.41) is 3.00. The van der Waals surface area contributed by atoms with Crippen molar-refractivity contribution in [3.63, 3.8) is 0 Å². The molecule has 0 aromatic carbocycles. The highest BCUT2D eigenvalue weighted by Crippen LogP contribution is 2.24. The Morgan fingerprint density at radius 1 is 1.40 bits per heavy atom. The number of hydrogen-bond acceptors (Lipinski definition) is 5.